The van der Waals surface area contributed by atoms with E-state index in [4.69, 9.17) is 5.11 Å². The Bertz CT molecular complexity index is 549. The Morgan fingerprint density at radius 2 is 2.00 bits per heavy atom. The molecule has 0 aliphatic rings. The van der Waals surface area contributed by atoms with Gasteiger partial charge in [0, 0.05) is 5.69 Å². The number of carbonyl (C=O) groups excluding carboxylic acids is 1. The van der Waals surface area contributed by atoms with E-state index < -0.39 is 5.97 Å². The first kappa shape index (κ1) is 11.3. The number of aromatic carboxylic acids is 1. The Kier molecular flexibility index (Phi) is 3.20. The van der Waals surface area contributed by atoms with E-state index in [1.54, 1.807) is 24.3 Å². The molecule has 0 saturated carbocycles. The van der Waals surface area contributed by atoms with Gasteiger partial charge in [-0.05, 0) is 29.6 Å². The molecule has 2 aromatic rings. The summed E-state index contributed by atoms with van der Waals surface area (Å²) in [7, 11) is 0. The molecule has 4 nitrogen and oxygen atoms in total. The Labute approximate surface area is 102 Å². The van der Waals surface area contributed by atoms with Crippen LogP contribution < -0.4 is 5.32 Å². The first-order valence-electron chi connectivity index (χ1n) is 4.85. The smallest absolute Gasteiger partial charge is 0.335 e. The summed E-state index contributed by atoms with van der Waals surface area (Å²) >= 11 is 1.33. The fraction of sp³-hybridized carbons (Fsp3) is 0. The fourth-order valence-electron chi connectivity index (χ4n) is 1.33. The van der Waals surface area contributed by atoms with E-state index in [1.807, 2.05) is 5.38 Å². The van der Waals surface area contributed by atoms with Crippen molar-refractivity contribution in [2.45, 2.75) is 0 Å². The maximum absolute atomic E-state index is 11.7. The van der Waals surface area contributed by atoms with Crippen LogP contribution in [0.2, 0.25) is 0 Å². The predicted octanol–water partition coefficient (Wildman–Crippen LogP) is 2.70. The number of amides is 1. The Morgan fingerprint density at radius 3 is 2.65 bits per heavy atom. The molecular formula is C12H9NO3S. The zero-order valence-corrected chi connectivity index (χ0v) is 9.53. The number of carboxylic acid groups (broad SMARTS) is 1. The second-order valence-electron chi connectivity index (χ2n) is 3.32. The van der Waals surface area contributed by atoms with Gasteiger partial charge in [-0.1, -0.05) is 12.1 Å². The maximum atomic E-state index is 11.7. The van der Waals surface area contributed by atoms with Gasteiger partial charge < -0.3 is 10.4 Å². The highest BCUT2D eigenvalue weighted by Crippen LogP contribution is 2.14. The van der Waals surface area contributed by atoms with Gasteiger partial charge in [0.05, 0.1) is 10.4 Å². The molecule has 0 aliphatic carbocycles. The summed E-state index contributed by atoms with van der Waals surface area (Å²) in [6.45, 7) is 0. The predicted molar refractivity (Wildman–Crippen MR) is 65.7 cm³/mol. The minimum atomic E-state index is -1.02. The number of rotatable bonds is 3. The molecule has 0 bridgehead atoms. The van der Waals surface area contributed by atoms with Crippen LogP contribution in [0, 0.1) is 0 Å². The highest BCUT2D eigenvalue weighted by molar-refractivity contribution is 7.12. The summed E-state index contributed by atoms with van der Waals surface area (Å²) in [5.41, 5.74) is 0.622. The van der Waals surface area contributed by atoms with Crippen molar-refractivity contribution in [3.63, 3.8) is 0 Å². The van der Waals surface area contributed by atoms with E-state index in [0.717, 1.165) is 0 Å². The standard InChI is InChI=1S/C12H9NO3S/c14-11(10-5-2-6-17-10)13-9-4-1-3-8(7-9)12(15)16/h1-7H,(H,13,14)(H,15,16). The number of carboxylic acids is 1. The average molecular weight is 247 g/mol. The maximum Gasteiger partial charge on any atom is 0.335 e. The van der Waals surface area contributed by atoms with E-state index >= 15 is 0 Å². The van der Waals surface area contributed by atoms with Crippen LogP contribution in [0.5, 0.6) is 0 Å². The summed E-state index contributed by atoms with van der Waals surface area (Å²) in [6.07, 6.45) is 0. The van der Waals surface area contributed by atoms with Gasteiger partial charge in [0.2, 0.25) is 0 Å². The molecule has 0 atom stereocenters. The number of nitrogens with one attached hydrogen (secondary N) is 1. The lowest BCUT2D eigenvalue weighted by molar-refractivity contribution is 0.0696. The minimum absolute atomic E-state index is 0.147. The van der Waals surface area contributed by atoms with Gasteiger partial charge in [0.15, 0.2) is 0 Å². The first-order chi connectivity index (χ1) is 8.16. The molecule has 2 N–H and O–H groups in total. The van der Waals surface area contributed by atoms with Crippen molar-refractivity contribution < 1.29 is 14.7 Å². The summed E-state index contributed by atoms with van der Waals surface area (Å²) in [6, 6.07) is 9.64. The lowest BCUT2D eigenvalue weighted by atomic mass is 10.2. The molecule has 0 radical (unpaired) electrons. The highest BCUT2D eigenvalue weighted by atomic mass is 32.1. The van der Waals surface area contributed by atoms with Gasteiger partial charge in [-0.3, -0.25) is 4.79 Å². The molecule has 86 valence electrons. The van der Waals surface area contributed by atoms with Crippen LogP contribution in [0.15, 0.2) is 41.8 Å². The van der Waals surface area contributed by atoms with Crippen molar-refractivity contribution in [1.29, 1.82) is 0 Å². The second-order valence-corrected chi connectivity index (χ2v) is 4.27. The molecule has 0 spiro atoms. The van der Waals surface area contributed by atoms with Gasteiger partial charge in [-0.2, -0.15) is 0 Å². The highest BCUT2D eigenvalue weighted by Gasteiger charge is 2.08. The Hall–Kier alpha value is -2.14. The van der Waals surface area contributed by atoms with Crippen LogP contribution in [0.25, 0.3) is 0 Å². The van der Waals surface area contributed by atoms with Crippen LogP contribution in [-0.2, 0) is 0 Å². The number of hydrogen-bond donors (Lipinski definition) is 2. The van der Waals surface area contributed by atoms with E-state index in [9.17, 15) is 9.59 Å². The van der Waals surface area contributed by atoms with Crippen LogP contribution in [-0.4, -0.2) is 17.0 Å². The van der Waals surface area contributed by atoms with Crippen molar-refractivity contribution in [1.82, 2.24) is 0 Å². The fourth-order valence-corrected chi connectivity index (χ4v) is 1.95. The molecule has 1 amide bonds. The molecular weight excluding hydrogens is 238 g/mol. The van der Waals surface area contributed by atoms with E-state index in [0.29, 0.717) is 10.6 Å². The quantitative estimate of drug-likeness (QED) is 0.876. The molecule has 5 heteroatoms. The molecule has 0 saturated heterocycles. The topological polar surface area (TPSA) is 66.4 Å². The van der Waals surface area contributed by atoms with Crippen LogP contribution in [0.3, 0.4) is 0 Å². The molecule has 1 aromatic carbocycles. The average Bonchev–Trinajstić information content (AvgIpc) is 2.82. The Morgan fingerprint density at radius 1 is 1.18 bits per heavy atom. The summed E-state index contributed by atoms with van der Waals surface area (Å²) in [5, 5.41) is 13.3. The van der Waals surface area contributed by atoms with Gasteiger partial charge >= 0.3 is 5.97 Å². The lowest BCUT2D eigenvalue weighted by Gasteiger charge is -2.04. The molecule has 1 heterocycles. The molecule has 0 aliphatic heterocycles. The molecule has 17 heavy (non-hydrogen) atoms. The normalized spacial score (nSPS) is 9.88. The summed E-state index contributed by atoms with van der Waals surface area (Å²) in [5.74, 6) is -1.25. The lowest BCUT2D eigenvalue weighted by Crippen LogP contribution is -2.10. The van der Waals surface area contributed by atoms with Gasteiger partial charge in [0.1, 0.15) is 0 Å². The third kappa shape index (κ3) is 2.70. The van der Waals surface area contributed by atoms with Gasteiger partial charge in [0.25, 0.3) is 5.91 Å². The van der Waals surface area contributed by atoms with Crippen molar-refractivity contribution in [3.05, 3.63) is 52.2 Å². The van der Waals surface area contributed by atoms with Crippen LogP contribution in [0.4, 0.5) is 5.69 Å². The SMILES string of the molecule is O=C(O)c1cccc(NC(=O)c2cccs2)c1. The number of benzene rings is 1. The van der Waals surface area contributed by atoms with Gasteiger partial charge in [-0.25, -0.2) is 4.79 Å². The molecule has 1 aromatic heterocycles. The number of hydrogen-bond acceptors (Lipinski definition) is 3. The number of carbonyl (C=O) groups is 2. The first-order valence-corrected chi connectivity index (χ1v) is 5.73. The Balaban J connectivity index is 2.16. The van der Waals surface area contributed by atoms with Crippen LogP contribution in [0.1, 0.15) is 20.0 Å². The molecule has 0 unspecified atom stereocenters. The van der Waals surface area contributed by atoms with Crippen molar-refractivity contribution >= 4 is 28.9 Å². The molecule has 0 fully saturated rings. The van der Waals surface area contributed by atoms with Crippen LogP contribution >= 0.6 is 11.3 Å². The minimum Gasteiger partial charge on any atom is -0.478 e. The monoisotopic (exact) mass is 247 g/mol. The van der Waals surface area contributed by atoms with E-state index in [2.05, 4.69) is 5.32 Å². The number of anilines is 1. The second kappa shape index (κ2) is 4.80. The molecule has 2 rings (SSSR count). The van der Waals surface area contributed by atoms with Crippen molar-refractivity contribution in [3.8, 4) is 0 Å². The zero-order valence-electron chi connectivity index (χ0n) is 8.71. The van der Waals surface area contributed by atoms with Gasteiger partial charge in [-0.15, -0.1) is 11.3 Å². The largest absolute Gasteiger partial charge is 0.478 e. The number of thiophene rings is 1. The van der Waals surface area contributed by atoms with Crippen molar-refractivity contribution in [2.75, 3.05) is 5.32 Å². The van der Waals surface area contributed by atoms with E-state index in [1.165, 1.54) is 23.5 Å². The summed E-state index contributed by atoms with van der Waals surface area (Å²) < 4.78 is 0. The zero-order chi connectivity index (χ0) is 12.3. The van der Waals surface area contributed by atoms with Crippen molar-refractivity contribution in [2.24, 2.45) is 0 Å². The third-order valence-electron chi connectivity index (χ3n) is 2.11. The summed E-state index contributed by atoms with van der Waals surface area (Å²) in [4.78, 5) is 23.1. The third-order valence-corrected chi connectivity index (χ3v) is 2.98. The van der Waals surface area contributed by atoms with E-state index in [-0.39, 0.29) is 11.5 Å².